The maximum atomic E-state index is 12.7. The van der Waals surface area contributed by atoms with E-state index in [1.165, 1.54) is 5.56 Å². The van der Waals surface area contributed by atoms with Gasteiger partial charge in [-0.2, -0.15) is 0 Å². The lowest BCUT2D eigenvalue weighted by atomic mass is 9.96. The third kappa shape index (κ3) is 3.80. The van der Waals surface area contributed by atoms with E-state index >= 15 is 0 Å². The number of aliphatic hydroxyl groups is 1. The topological polar surface area (TPSA) is 71.5 Å². The highest BCUT2D eigenvalue weighted by Gasteiger charge is 2.29. The summed E-state index contributed by atoms with van der Waals surface area (Å²) in [6.07, 6.45) is 5.78. The number of carbonyl (C=O) groups is 1. The molecule has 0 spiro atoms. The molecule has 0 bridgehead atoms. The molecule has 6 heteroatoms. The Hall–Kier alpha value is -2.86. The molecule has 1 saturated heterocycles. The molecule has 1 aliphatic rings. The third-order valence-corrected chi connectivity index (χ3v) is 5.05. The Balaban J connectivity index is 1.49. The van der Waals surface area contributed by atoms with Crippen molar-refractivity contribution in [1.29, 1.82) is 0 Å². The zero-order chi connectivity index (χ0) is 18.6. The van der Waals surface area contributed by atoms with E-state index in [0.29, 0.717) is 18.8 Å². The number of imidazole rings is 1. The first kappa shape index (κ1) is 17.5. The van der Waals surface area contributed by atoms with Gasteiger partial charge >= 0.3 is 0 Å². The van der Waals surface area contributed by atoms with Crippen molar-refractivity contribution in [2.45, 2.75) is 31.9 Å². The minimum absolute atomic E-state index is 0.124. The Bertz CT molecular complexity index is 900. The fraction of sp³-hybridized carbons (Fsp3) is 0.333. The van der Waals surface area contributed by atoms with Crippen molar-refractivity contribution >= 4 is 5.91 Å². The average molecular weight is 365 g/mol. The minimum Gasteiger partial charge on any atom is -0.453 e. The molecule has 0 unspecified atom stereocenters. The maximum absolute atomic E-state index is 12.7. The smallest absolute Gasteiger partial charge is 0.289 e. The quantitative estimate of drug-likeness (QED) is 0.754. The van der Waals surface area contributed by atoms with Gasteiger partial charge in [-0.05, 0) is 30.5 Å². The molecule has 3 heterocycles. The van der Waals surface area contributed by atoms with Gasteiger partial charge in [0.05, 0.1) is 0 Å². The van der Waals surface area contributed by atoms with Gasteiger partial charge in [-0.1, -0.05) is 30.3 Å². The molecule has 27 heavy (non-hydrogen) atoms. The molecule has 4 rings (SSSR count). The summed E-state index contributed by atoms with van der Waals surface area (Å²) in [5.74, 6) is 1.79. The number of aliphatic hydroxyl groups excluding tert-OH is 1. The monoisotopic (exact) mass is 365 g/mol. The van der Waals surface area contributed by atoms with Crippen LogP contribution in [0.1, 0.15) is 46.5 Å². The highest BCUT2D eigenvalue weighted by atomic mass is 16.4. The number of benzene rings is 1. The lowest BCUT2D eigenvalue weighted by Crippen LogP contribution is -2.39. The summed E-state index contributed by atoms with van der Waals surface area (Å²) in [6, 6.07) is 13.6. The fourth-order valence-corrected chi connectivity index (χ4v) is 3.70. The number of furan rings is 1. The number of piperidine rings is 1. The summed E-state index contributed by atoms with van der Waals surface area (Å²) in [6.45, 7) is 1.91. The zero-order valence-corrected chi connectivity index (χ0v) is 15.1. The van der Waals surface area contributed by atoms with E-state index in [2.05, 4.69) is 21.7 Å². The van der Waals surface area contributed by atoms with Crippen molar-refractivity contribution in [2.75, 3.05) is 13.1 Å². The van der Waals surface area contributed by atoms with Crippen LogP contribution in [0.3, 0.4) is 0 Å². The maximum Gasteiger partial charge on any atom is 0.289 e. The van der Waals surface area contributed by atoms with E-state index in [-0.39, 0.29) is 24.2 Å². The molecule has 0 radical (unpaired) electrons. The van der Waals surface area contributed by atoms with E-state index in [1.807, 2.05) is 35.5 Å². The van der Waals surface area contributed by atoms with E-state index in [0.717, 1.165) is 25.2 Å². The third-order valence-electron chi connectivity index (χ3n) is 5.05. The number of carbonyl (C=O) groups excluding carboxylic acids is 1. The lowest BCUT2D eigenvalue weighted by Gasteiger charge is -2.32. The molecule has 0 saturated carbocycles. The first-order valence-electron chi connectivity index (χ1n) is 9.28. The Labute approximate surface area is 158 Å². The van der Waals surface area contributed by atoms with Gasteiger partial charge in [-0.3, -0.25) is 4.79 Å². The predicted octanol–water partition coefficient (Wildman–Crippen LogP) is 3.04. The van der Waals surface area contributed by atoms with Crippen molar-refractivity contribution in [3.63, 3.8) is 0 Å². The number of nitrogens with zero attached hydrogens (tertiary/aromatic N) is 3. The molecule has 1 aliphatic heterocycles. The first-order chi connectivity index (χ1) is 13.2. The molecule has 6 nitrogen and oxygen atoms in total. The van der Waals surface area contributed by atoms with E-state index in [4.69, 9.17) is 9.52 Å². The fourth-order valence-electron chi connectivity index (χ4n) is 3.70. The largest absolute Gasteiger partial charge is 0.453 e. The average Bonchev–Trinajstić information content (AvgIpc) is 3.38. The first-order valence-corrected chi connectivity index (χ1v) is 9.28. The standard InChI is InChI=1S/C21H23N3O3/c25-15-18-8-9-19(27-18)21(26)24-11-4-7-17(14-24)20-22-10-12-23(20)13-16-5-2-1-3-6-16/h1-3,5-6,8-10,12,17,25H,4,7,11,13-15H2/t17-/m0/s1. The molecule has 1 aromatic carbocycles. The van der Waals surface area contributed by atoms with Gasteiger partial charge in [-0.25, -0.2) is 4.98 Å². The summed E-state index contributed by atoms with van der Waals surface area (Å²) < 4.78 is 7.59. The summed E-state index contributed by atoms with van der Waals surface area (Å²) in [7, 11) is 0. The van der Waals surface area contributed by atoms with Gasteiger partial charge in [0, 0.05) is 37.9 Å². The van der Waals surface area contributed by atoms with Crippen LogP contribution in [0, 0.1) is 0 Å². The Morgan fingerprint density at radius 1 is 1.22 bits per heavy atom. The van der Waals surface area contributed by atoms with Crippen LogP contribution in [0.5, 0.6) is 0 Å². The molecular formula is C21H23N3O3. The minimum atomic E-state index is -0.202. The molecule has 1 fully saturated rings. The van der Waals surface area contributed by atoms with Crippen molar-refractivity contribution in [2.24, 2.45) is 0 Å². The van der Waals surface area contributed by atoms with Crippen LogP contribution >= 0.6 is 0 Å². The van der Waals surface area contributed by atoms with Crippen LogP contribution in [0.4, 0.5) is 0 Å². The van der Waals surface area contributed by atoms with Gasteiger partial charge in [0.1, 0.15) is 18.2 Å². The van der Waals surface area contributed by atoms with E-state index < -0.39 is 0 Å². The summed E-state index contributed by atoms with van der Waals surface area (Å²) in [4.78, 5) is 19.2. The number of rotatable bonds is 5. The Kier molecular flexibility index (Phi) is 5.07. The molecule has 1 atom stereocenters. The Morgan fingerprint density at radius 2 is 2.07 bits per heavy atom. The number of hydrogen-bond donors (Lipinski definition) is 1. The van der Waals surface area contributed by atoms with Gasteiger partial charge in [0.25, 0.3) is 5.91 Å². The Morgan fingerprint density at radius 3 is 2.85 bits per heavy atom. The van der Waals surface area contributed by atoms with Crippen LogP contribution in [-0.2, 0) is 13.2 Å². The van der Waals surface area contributed by atoms with Crippen molar-refractivity contribution in [3.8, 4) is 0 Å². The van der Waals surface area contributed by atoms with Crippen molar-refractivity contribution in [1.82, 2.24) is 14.5 Å². The second kappa shape index (κ2) is 7.80. The molecule has 2 aromatic heterocycles. The summed E-state index contributed by atoms with van der Waals surface area (Å²) in [5, 5.41) is 9.13. The van der Waals surface area contributed by atoms with Gasteiger partial charge in [0.2, 0.25) is 0 Å². The lowest BCUT2D eigenvalue weighted by molar-refractivity contribution is 0.0666. The summed E-state index contributed by atoms with van der Waals surface area (Å²) in [5.41, 5.74) is 1.23. The zero-order valence-electron chi connectivity index (χ0n) is 15.1. The number of likely N-dealkylation sites (tertiary alicyclic amines) is 1. The normalized spacial score (nSPS) is 17.2. The van der Waals surface area contributed by atoms with Crippen LogP contribution in [0.15, 0.2) is 59.3 Å². The van der Waals surface area contributed by atoms with Crippen molar-refractivity contribution in [3.05, 3.63) is 77.8 Å². The van der Waals surface area contributed by atoms with Crippen molar-refractivity contribution < 1.29 is 14.3 Å². The van der Waals surface area contributed by atoms with Gasteiger partial charge < -0.3 is 19.0 Å². The van der Waals surface area contributed by atoms with E-state index in [9.17, 15) is 4.79 Å². The predicted molar refractivity (Wildman–Crippen MR) is 100 cm³/mol. The number of amides is 1. The number of aromatic nitrogens is 2. The summed E-state index contributed by atoms with van der Waals surface area (Å²) >= 11 is 0. The molecule has 1 N–H and O–H groups in total. The molecule has 1 amide bonds. The van der Waals surface area contributed by atoms with Crippen LogP contribution in [-0.4, -0.2) is 38.6 Å². The van der Waals surface area contributed by atoms with Gasteiger partial charge in [0.15, 0.2) is 5.76 Å². The second-order valence-corrected chi connectivity index (χ2v) is 6.91. The molecule has 0 aliphatic carbocycles. The highest BCUT2D eigenvalue weighted by molar-refractivity contribution is 5.91. The van der Waals surface area contributed by atoms with Gasteiger partial charge in [-0.15, -0.1) is 0 Å². The van der Waals surface area contributed by atoms with Crippen LogP contribution in [0.25, 0.3) is 0 Å². The molecule has 3 aromatic rings. The number of hydrogen-bond acceptors (Lipinski definition) is 4. The second-order valence-electron chi connectivity index (χ2n) is 6.91. The van der Waals surface area contributed by atoms with E-state index in [1.54, 1.807) is 12.1 Å². The SMILES string of the molecule is O=C(c1ccc(CO)o1)N1CCC[C@H](c2nccn2Cc2ccccc2)C1. The molecule has 140 valence electrons. The highest BCUT2D eigenvalue weighted by Crippen LogP contribution is 2.27. The van der Waals surface area contributed by atoms with Crippen LogP contribution < -0.4 is 0 Å². The van der Waals surface area contributed by atoms with Crippen LogP contribution in [0.2, 0.25) is 0 Å². The molecular weight excluding hydrogens is 342 g/mol.